The van der Waals surface area contributed by atoms with Crippen LogP contribution in [0, 0.1) is 0 Å². The molecule has 0 spiro atoms. The van der Waals surface area contributed by atoms with E-state index in [2.05, 4.69) is 22.8 Å². The minimum absolute atomic E-state index is 0.734. The molecule has 0 heterocycles. The van der Waals surface area contributed by atoms with Gasteiger partial charge in [-0.25, -0.2) is 0 Å². The van der Waals surface area contributed by atoms with Crippen LogP contribution < -0.4 is 22.1 Å². The third kappa shape index (κ3) is 1.53. The van der Waals surface area contributed by atoms with Crippen molar-refractivity contribution in [2.24, 2.45) is 5.73 Å². The van der Waals surface area contributed by atoms with Crippen molar-refractivity contribution in [1.82, 2.24) is 5.32 Å². The smallest absolute Gasteiger partial charge is 0.0651 e. The summed E-state index contributed by atoms with van der Waals surface area (Å²) < 4.78 is 0. The van der Waals surface area contributed by atoms with E-state index in [-0.39, 0.29) is 0 Å². The van der Waals surface area contributed by atoms with Gasteiger partial charge in [0.1, 0.15) is 0 Å². The fourth-order valence-electron chi connectivity index (χ4n) is 2.98. The summed E-state index contributed by atoms with van der Waals surface area (Å²) in [6.45, 7) is 0. The van der Waals surface area contributed by atoms with Crippen molar-refractivity contribution in [3.8, 4) is 0 Å². The summed E-state index contributed by atoms with van der Waals surface area (Å²) >= 11 is 0. The van der Waals surface area contributed by atoms with Crippen LogP contribution in [0.5, 0.6) is 0 Å². The van der Waals surface area contributed by atoms with Gasteiger partial charge in [-0.15, -0.1) is 0 Å². The Labute approximate surface area is 112 Å². The Hall–Kier alpha value is -2.36. The van der Waals surface area contributed by atoms with Crippen LogP contribution in [0.25, 0.3) is 16.5 Å². The van der Waals surface area contributed by atoms with E-state index in [1.54, 1.807) is 0 Å². The minimum atomic E-state index is 0.734. The average Bonchev–Trinajstić information content (AvgIpc) is 2.39. The van der Waals surface area contributed by atoms with Gasteiger partial charge < -0.3 is 22.1 Å². The normalized spacial score (nSPS) is 13.8. The highest BCUT2D eigenvalue weighted by molar-refractivity contribution is 6.07. The van der Waals surface area contributed by atoms with E-state index in [1.807, 2.05) is 26.2 Å². The van der Waals surface area contributed by atoms with Gasteiger partial charge in [-0.3, -0.25) is 0 Å². The SMILES string of the molecule is CNC1=C(N)Cc2cc(N)c(NC)c3cccc1c23. The number of nitrogens with two attached hydrogens (primary N) is 2. The predicted molar refractivity (Wildman–Crippen MR) is 81.8 cm³/mol. The summed E-state index contributed by atoms with van der Waals surface area (Å²) in [6, 6.07) is 8.26. The second kappa shape index (κ2) is 4.09. The lowest BCUT2D eigenvalue weighted by atomic mass is 9.88. The van der Waals surface area contributed by atoms with Crippen molar-refractivity contribution in [3.05, 3.63) is 41.1 Å². The molecule has 6 N–H and O–H groups in total. The van der Waals surface area contributed by atoms with Crippen LogP contribution in [-0.4, -0.2) is 14.1 Å². The van der Waals surface area contributed by atoms with Crippen molar-refractivity contribution >= 4 is 27.8 Å². The van der Waals surface area contributed by atoms with E-state index in [4.69, 9.17) is 11.5 Å². The topological polar surface area (TPSA) is 76.1 Å². The molecule has 0 fully saturated rings. The Kier molecular flexibility index (Phi) is 2.52. The van der Waals surface area contributed by atoms with Crippen LogP contribution >= 0.6 is 0 Å². The van der Waals surface area contributed by atoms with Gasteiger partial charge >= 0.3 is 0 Å². The standard InChI is InChI=1S/C15H18N4/c1-18-14-9-4-3-5-10-13(9)8(6-11(14)16)7-12(17)15(10)19-2/h3-6,18-19H,7,16-17H2,1-2H3. The van der Waals surface area contributed by atoms with Crippen molar-refractivity contribution in [1.29, 1.82) is 0 Å². The van der Waals surface area contributed by atoms with Crippen LogP contribution in [0.4, 0.5) is 11.4 Å². The Balaban J connectivity index is 2.45. The van der Waals surface area contributed by atoms with E-state index < -0.39 is 0 Å². The van der Waals surface area contributed by atoms with Gasteiger partial charge in [-0.1, -0.05) is 18.2 Å². The quantitative estimate of drug-likeness (QED) is 0.617. The molecule has 98 valence electrons. The molecule has 2 aromatic carbocycles. The lowest BCUT2D eigenvalue weighted by molar-refractivity contribution is 1.03. The minimum Gasteiger partial charge on any atom is -0.400 e. The first-order valence-electron chi connectivity index (χ1n) is 6.36. The van der Waals surface area contributed by atoms with Gasteiger partial charge in [-0.2, -0.15) is 0 Å². The number of nitrogen functional groups attached to an aromatic ring is 1. The molecule has 0 saturated carbocycles. The lowest BCUT2D eigenvalue weighted by Gasteiger charge is -2.24. The Morgan fingerprint density at radius 3 is 2.58 bits per heavy atom. The van der Waals surface area contributed by atoms with Crippen LogP contribution in [0.3, 0.4) is 0 Å². The number of anilines is 2. The summed E-state index contributed by atoms with van der Waals surface area (Å²) in [5, 5.41) is 8.79. The Morgan fingerprint density at radius 1 is 1.11 bits per heavy atom. The molecule has 0 radical (unpaired) electrons. The molecule has 0 amide bonds. The Morgan fingerprint density at radius 2 is 1.89 bits per heavy atom. The van der Waals surface area contributed by atoms with E-state index in [9.17, 15) is 0 Å². The van der Waals surface area contributed by atoms with Gasteiger partial charge in [0.15, 0.2) is 0 Å². The molecule has 0 saturated heterocycles. The number of hydrogen-bond donors (Lipinski definition) is 4. The monoisotopic (exact) mass is 254 g/mol. The largest absolute Gasteiger partial charge is 0.400 e. The maximum absolute atomic E-state index is 6.16. The molecule has 19 heavy (non-hydrogen) atoms. The molecule has 3 rings (SSSR count). The average molecular weight is 254 g/mol. The first kappa shape index (κ1) is 11.7. The van der Waals surface area contributed by atoms with Crippen molar-refractivity contribution < 1.29 is 0 Å². The van der Waals surface area contributed by atoms with Gasteiger partial charge in [0, 0.05) is 37.2 Å². The van der Waals surface area contributed by atoms with E-state index in [0.717, 1.165) is 40.1 Å². The zero-order valence-electron chi connectivity index (χ0n) is 11.2. The van der Waals surface area contributed by atoms with Crippen LogP contribution in [0.15, 0.2) is 30.0 Å². The fraction of sp³-hybridized carbons (Fsp3) is 0.200. The number of nitrogens with one attached hydrogen (secondary N) is 2. The highest BCUT2D eigenvalue weighted by Crippen LogP contribution is 2.39. The predicted octanol–water partition coefficient (Wildman–Crippen LogP) is 1.87. The highest BCUT2D eigenvalue weighted by Gasteiger charge is 2.20. The van der Waals surface area contributed by atoms with E-state index in [0.29, 0.717) is 0 Å². The van der Waals surface area contributed by atoms with Crippen molar-refractivity contribution in [2.75, 3.05) is 25.1 Å². The van der Waals surface area contributed by atoms with E-state index >= 15 is 0 Å². The summed E-state index contributed by atoms with van der Waals surface area (Å²) in [7, 11) is 3.80. The molecule has 0 aliphatic heterocycles. The van der Waals surface area contributed by atoms with Crippen molar-refractivity contribution in [2.45, 2.75) is 6.42 Å². The molecule has 0 atom stereocenters. The van der Waals surface area contributed by atoms with E-state index in [1.165, 1.54) is 10.9 Å². The fourth-order valence-corrected chi connectivity index (χ4v) is 2.98. The number of rotatable bonds is 2. The lowest BCUT2D eigenvalue weighted by Crippen LogP contribution is -2.19. The molecular formula is C15H18N4. The molecule has 0 aromatic heterocycles. The van der Waals surface area contributed by atoms with Gasteiger partial charge in [-0.05, 0) is 17.0 Å². The third-order valence-corrected chi connectivity index (χ3v) is 3.74. The second-order valence-electron chi connectivity index (χ2n) is 4.81. The Bertz CT molecular complexity index is 701. The summed E-state index contributed by atoms with van der Waals surface area (Å²) in [5.74, 6) is 0. The third-order valence-electron chi connectivity index (χ3n) is 3.74. The molecule has 0 unspecified atom stereocenters. The molecule has 4 nitrogen and oxygen atoms in total. The van der Waals surface area contributed by atoms with Gasteiger partial charge in [0.05, 0.1) is 17.1 Å². The molecule has 1 aliphatic carbocycles. The highest BCUT2D eigenvalue weighted by atomic mass is 14.9. The number of allylic oxidation sites excluding steroid dienone is 1. The van der Waals surface area contributed by atoms with Gasteiger partial charge in [0.25, 0.3) is 0 Å². The maximum atomic E-state index is 6.16. The van der Waals surface area contributed by atoms with Crippen LogP contribution in [0.2, 0.25) is 0 Å². The summed E-state index contributed by atoms with van der Waals surface area (Å²) in [4.78, 5) is 0. The van der Waals surface area contributed by atoms with Crippen LogP contribution in [0.1, 0.15) is 11.1 Å². The first-order chi connectivity index (χ1) is 9.17. The number of benzene rings is 2. The molecule has 2 aromatic rings. The summed E-state index contributed by atoms with van der Waals surface area (Å²) in [6.07, 6.45) is 0.734. The van der Waals surface area contributed by atoms with Crippen LogP contribution in [-0.2, 0) is 6.42 Å². The molecular weight excluding hydrogens is 236 g/mol. The summed E-state index contributed by atoms with van der Waals surface area (Å²) in [5.41, 5.74) is 18.3. The molecule has 0 bridgehead atoms. The molecule has 1 aliphatic rings. The first-order valence-corrected chi connectivity index (χ1v) is 6.36. The molecule has 4 heteroatoms. The maximum Gasteiger partial charge on any atom is 0.0651 e. The zero-order valence-corrected chi connectivity index (χ0v) is 11.2. The zero-order chi connectivity index (χ0) is 13.6. The van der Waals surface area contributed by atoms with Crippen molar-refractivity contribution in [3.63, 3.8) is 0 Å². The number of hydrogen-bond acceptors (Lipinski definition) is 4. The van der Waals surface area contributed by atoms with Gasteiger partial charge in [0.2, 0.25) is 0 Å². The second-order valence-corrected chi connectivity index (χ2v) is 4.81.